The van der Waals surface area contributed by atoms with E-state index in [2.05, 4.69) is 10.1 Å². The van der Waals surface area contributed by atoms with Crippen molar-refractivity contribution in [1.29, 1.82) is 0 Å². The van der Waals surface area contributed by atoms with E-state index in [9.17, 15) is 0 Å². The molecule has 0 saturated carbocycles. The van der Waals surface area contributed by atoms with Gasteiger partial charge in [-0.1, -0.05) is 12.1 Å². The minimum atomic E-state index is 0.453. The summed E-state index contributed by atoms with van der Waals surface area (Å²) in [6.07, 6.45) is 0. The number of methoxy groups -OCH3 is 1. The van der Waals surface area contributed by atoms with Crippen molar-refractivity contribution < 1.29 is 9.47 Å². The standard InChI is InChI=1S/C13H17N3O2/c1-4-18-11-7-5-6-10(8-11)13-14-12(9-17-3)16(2)15-13/h5-8H,4,9H2,1-3H3. The van der Waals surface area contributed by atoms with Gasteiger partial charge in [-0.3, -0.25) is 4.68 Å². The monoisotopic (exact) mass is 247 g/mol. The highest BCUT2D eigenvalue weighted by molar-refractivity contribution is 5.57. The van der Waals surface area contributed by atoms with Crippen molar-refractivity contribution in [3.05, 3.63) is 30.1 Å². The third-order valence-electron chi connectivity index (χ3n) is 2.53. The fourth-order valence-corrected chi connectivity index (χ4v) is 1.69. The van der Waals surface area contributed by atoms with Crippen LogP contribution in [0.5, 0.6) is 5.75 Å². The molecule has 5 heteroatoms. The van der Waals surface area contributed by atoms with Crippen LogP contribution in [0.1, 0.15) is 12.7 Å². The molecule has 96 valence electrons. The quantitative estimate of drug-likeness (QED) is 0.811. The molecule has 18 heavy (non-hydrogen) atoms. The van der Waals surface area contributed by atoms with E-state index in [1.54, 1.807) is 11.8 Å². The van der Waals surface area contributed by atoms with Crippen LogP contribution in [-0.4, -0.2) is 28.5 Å². The Bertz CT molecular complexity index is 523. The molecule has 0 saturated heterocycles. The van der Waals surface area contributed by atoms with E-state index in [0.717, 1.165) is 17.1 Å². The van der Waals surface area contributed by atoms with Crippen molar-refractivity contribution in [3.8, 4) is 17.1 Å². The number of aromatic nitrogens is 3. The molecule has 0 atom stereocenters. The highest BCUT2D eigenvalue weighted by Gasteiger charge is 2.09. The molecule has 0 aliphatic heterocycles. The van der Waals surface area contributed by atoms with Crippen molar-refractivity contribution in [1.82, 2.24) is 14.8 Å². The predicted octanol–water partition coefficient (Wildman–Crippen LogP) is 2.03. The zero-order chi connectivity index (χ0) is 13.0. The van der Waals surface area contributed by atoms with Gasteiger partial charge in [0.25, 0.3) is 0 Å². The van der Waals surface area contributed by atoms with E-state index in [1.165, 1.54) is 0 Å². The molecule has 0 radical (unpaired) electrons. The molecule has 5 nitrogen and oxygen atoms in total. The van der Waals surface area contributed by atoms with Gasteiger partial charge in [-0.25, -0.2) is 4.98 Å². The lowest BCUT2D eigenvalue weighted by atomic mass is 10.2. The number of rotatable bonds is 5. The summed E-state index contributed by atoms with van der Waals surface area (Å²) in [5.41, 5.74) is 0.943. The molecule has 1 heterocycles. The molecule has 1 aromatic heterocycles. The van der Waals surface area contributed by atoms with E-state index in [0.29, 0.717) is 19.0 Å². The van der Waals surface area contributed by atoms with Crippen LogP contribution in [0.4, 0.5) is 0 Å². The Balaban J connectivity index is 2.30. The number of hydrogen-bond acceptors (Lipinski definition) is 4. The van der Waals surface area contributed by atoms with E-state index in [1.807, 2.05) is 38.2 Å². The topological polar surface area (TPSA) is 49.2 Å². The summed E-state index contributed by atoms with van der Waals surface area (Å²) in [7, 11) is 3.50. The normalized spacial score (nSPS) is 10.6. The smallest absolute Gasteiger partial charge is 0.181 e. The second-order valence-electron chi connectivity index (χ2n) is 3.87. The van der Waals surface area contributed by atoms with Crippen LogP contribution in [-0.2, 0) is 18.4 Å². The molecule has 0 fully saturated rings. The Hall–Kier alpha value is -1.88. The summed E-state index contributed by atoms with van der Waals surface area (Å²) in [6.45, 7) is 3.06. The Morgan fingerprint density at radius 1 is 1.33 bits per heavy atom. The Labute approximate surface area is 106 Å². The number of hydrogen-bond donors (Lipinski definition) is 0. The van der Waals surface area contributed by atoms with Crippen molar-refractivity contribution in [2.24, 2.45) is 7.05 Å². The molecule has 1 aromatic carbocycles. The second kappa shape index (κ2) is 5.64. The van der Waals surface area contributed by atoms with Gasteiger partial charge in [-0.05, 0) is 19.1 Å². The number of aryl methyl sites for hydroxylation is 1. The maximum Gasteiger partial charge on any atom is 0.181 e. The molecular formula is C13H17N3O2. The molecular weight excluding hydrogens is 230 g/mol. The molecule has 0 aliphatic carbocycles. The molecule has 0 bridgehead atoms. The zero-order valence-electron chi connectivity index (χ0n) is 10.9. The fourth-order valence-electron chi connectivity index (χ4n) is 1.69. The first kappa shape index (κ1) is 12.6. The fraction of sp³-hybridized carbons (Fsp3) is 0.385. The molecule has 2 rings (SSSR count). The van der Waals surface area contributed by atoms with Gasteiger partial charge in [0.1, 0.15) is 12.4 Å². The van der Waals surface area contributed by atoms with Crippen LogP contribution in [0, 0.1) is 0 Å². The highest BCUT2D eigenvalue weighted by atomic mass is 16.5. The van der Waals surface area contributed by atoms with Crippen LogP contribution < -0.4 is 4.74 Å². The molecule has 0 amide bonds. The second-order valence-corrected chi connectivity index (χ2v) is 3.87. The average molecular weight is 247 g/mol. The summed E-state index contributed by atoms with van der Waals surface area (Å²) in [4.78, 5) is 4.44. The van der Waals surface area contributed by atoms with E-state index in [4.69, 9.17) is 9.47 Å². The van der Waals surface area contributed by atoms with E-state index < -0.39 is 0 Å². The summed E-state index contributed by atoms with van der Waals surface area (Å²) in [5.74, 6) is 2.32. The van der Waals surface area contributed by atoms with Crippen LogP contribution >= 0.6 is 0 Å². The lowest BCUT2D eigenvalue weighted by Gasteiger charge is -2.03. The molecule has 0 aliphatic rings. The first-order chi connectivity index (χ1) is 8.74. The van der Waals surface area contributed by atoms with Crippen LogP contribution in [0.3, 0.4) is 0 Å². The van der Waals surface area contributed by atoms with Crippen molar-refractivity contribution in [2.45, 2.75) is 13.5 Å². The Morgan fingerprint density at radius 3 is 2.89 bits per heavy atom. The molecule has 0 unspecified atom stereocenters. The number of benzene rings is 1. The third-order valence-corrected chi connectivity index (χ3v) is 2.53. The van der Waals surface area contributed by atoms with Crippen molar-refractivity contribution >= 4 is 0 Å². The summed E-state index contributed by atoms with van der Waals surface area (Å²) in [6, 6.07) is 7.77. The SMILES string of the molecule is CCOc1cccc(-c2nc(COC)n(C)n2)c1. The van der Waals surface area contributed by atoms with Gasteiger partial charge in [0.2, 0.25) is 0 Å². The van der Waals surface area contributed by atoms with Gasteiger partial charge in [0.15, 0.2) is 11.6 Å². The van der Waals surface area contributed by atoms with E-state index >= 15 is 0 Å². The first-order valence-corrected chi connectivity index (χ1v) is 5.86. The largest absolute Gasteiger partial charge is 0.494 e. The number of ether oxygens (including phenoxy) is 2. The van der Waals surface area contributed by atoms with Gasteiger partial charge in [0.05, 0.1) is 6.61 Å². The summed E-state index contributed by atoms with van der Waals surface area (Å²) >= 11 is 0. The summed E-state index contributed by atoms with van der Waals surface area (Å²) in [5, 5.41) is 4.37. The minimum Gasteiger partial charge on any atom is -0.494 e. The molecule has 2 aromatic rings. The predicted molar refractivity (Wildman–Crippen MR) is 68.3 cm³/mol. The maximum atomic E-state index is 5.47. The van der Waals surface area contributed by atoms with Crippen LogP contribution in [0.25, 0.3) is 11.4 Å². The number of nitrogens with zero attached hydrogens (tertiary/aromatic N) is 3. The Kier molecular flexibility index (Phi) is 3.94. The first-order valence-electron chi connectivity index (χ1n) is 5.86. The van der Waals surface area contributed by atoms with Gasteiger partial charge >= 0.3 is 0 Å². The van der Waals surface area contributed by atoms with Crippen LogP contribution in [0.15, 0.2) is 24.3 Å². The van der Waals surface area contributed by atoms with Gasteiger partial charge in [0, 0.05) is 19.7 Å². The Morgan fingerprint density at radius 2 is 2.17 bits per heavy atom. The van der Waals surface area contributed by atoms with Gasteiger partial charge in [-0.15, -0.1) is 0 Å². The highest BCUT2D eigenvalue weighted by Crippen LogP contribution is 2.21. The van der Waals surface area contributed by atoms with Gasteiger partial charge in [-0.2, -0.15) is 5.10 Å². The van der Waals surface area contributed by atoms with Crippen LogP contribution in [0.2, 0.25) is 0 Å². The average Bonchev–Trinajstić information content (AvgIpc) is 2.73. The van der Waals surface area contributed by atoms with Gasteiger partial charge < -0.3 is 9.47 Å². The lowest BCUT2D eigenvalue weighted by molar-refractivity contribution is 0.174. The molecule has 0 spiro atoms. The lowest BCUT2D eigenvalue weighted by Crippen LogP contribution is -2.00. The maximum absolute atomic E-state index is 5.47. The molecule has 0 N–H and O–H groups in total. The van der Waals surface area contributed by atoms with E-state index in [-0.39, 0.29) is 0 Å². The zero-order valence-corrected chi connectivity index (χ0v) is 10.9. The van der Waals surface area contributed by atoms with Crippen molar-refractivity contribution in [2.75, 3.05) is 13.7 Å². The van der Waals surface area contributed by atoms with Crippen molar-refractivity contribution in [3.63, 3.8) is 0 Å². The minimum absolute atomic E-state index is 0.453. The third kappa shape index (κ3) is 2.68. The summed E-state index contributed by atoms with van der Waals surface area (Å²) < 4.78 is 12.3.